The first-order valence-electron chi connectivity index (χ1n) is 9.94. The maximum Gasteiger partial charge on any atom is 0.262 e. The highest BCUT2D eigenvalue weighted by Crippen LogP contribution is 2.25. The number of hydrogen-bond acceptors (Lipinski definition) is 5. The molecule has 0 N–H and O–H groups in total. The molecule has 1 aromatic carbocycles. The highest BCUT2D eigenvalue weighted by Gasteiger charge is 2.33. The molecule has 2 heterocycles. The lowest BCUT2D eigenvalue weighted by Gasteiger charge is -2.22. The van der Waals surface area contributed by atoms with E-state index in [4.69, 9.17) is 0 Å². The van der Waals surface area contributed by atoms with Crippen LogP contribution in [0.1, 0.15) is 38.6 Å². The summed E-state index contributed by atoms with van der Waals surface area (Å²) in [5.74, 6) is 0.603. The minimum Gasteiger partial charge on any atom is -0.337 e. The molecular weight excluding hydrogens is 424 g/mol. The van der Waals surface area contributed by atoms with Crippen LogP contribution in [0.25, 0.3) is 0 Å². The largest absolute Gasteiger partial charge is 0.337 e. The number of nitrogens with zero attached hydrogens (tertiary/aromatic N) is 4. The van der Waals surface area contributed by atoms with Crippen molar-refractivity contribution in [3.05, 3.63) is 41.9 Å². The van der Waals surface area contributed by atoms with Crippen LogP contribution in [0.3, 0.4) is 0 Å². The van der Waals surface area contributed by atoms with Gasteiger partial charge in [0.2, 0.25) is 10.0 Å². The molecule has 0 amide bonds. The van der Waals surface area contributed by atoms with Crippen LogP contribution < -0.4 is 0 Å². The minimum atomic E-state index is -3.76. The van der Waals surface area contributed by atoms with Crippen LogP contribution in [0, 0.1) is 6.92 Å². The van der Waals surface area contributed by atoms with E-state index in [1.165, 1.54) is 14.8 Å². The fourth-order valence-corrected chi connectivity index (χ4v) is 6.37. The zero-order valence-corrected chi connectivity index (χ0v) is 19.8. The second-order valence-electron chi connectivity index (χ2n) is 8.67. The van der Waals surface area contributed by atoms with Crippen LogP contribution in [0.2, 0.25) is 0 Å². The van der Waals surface area contributed by atoms with Crippen molar-refractivity contribution in [1.29, 1.82) is 0 Å². The smallest absolute Gasteiger partial charge is 0.262 e. The van der Waals surface area contributed by atoms with E-state index in [9.17, 15) is 16.8 Å². The number of hydrogen-bond donors (Lipinski definition) is 0. The summed E-state index contributed by atoms with van der Waals surface area (Å²) in [7, 11) is -5.72. The Kier molecular flexibility index (Phi) is 6.16. The van der Waals surface area contributed by atoms with Gasteiger partial charge in [-0.15, -0.1) is 0 Å². The van der Waals surface area contributed by atoms with Crippen LogP contribution in [-0.4, -0.2) is 61.2 Å². The third-order valence-corrected chi connectivity index (χ3v) is 9.15. The monoisotopic (exact) mass is 454 g/mol. The number of aromatic nitrogens is 2. The molecule has 1 aliphatic rings. The van der Waals surface area contributed by atoms with Gasteiger partial charge in [0.1, 0.15) is 5.82 Å². The van der Waals surface area contributed by atoms with Gasteiger partial charge in [-0.05, 0) is 36.5 Å². The molecule has 3 rings (SSSR count). The molecule has 1 fully saturated rings. The third kappa shape index (κ3) is 4.46. The van der Waals surface area contributed by atoms with E-state index in [1.807, 2.05) is 12.1 Å². The molecule has 10 heteroatoms. The van der Waals surface area contributed by atoms with E-state index >= 15 is 0 Å². The molecule has 0 spiro atoms. The van der Waals surface area contributed by atoms with Crippen molar-refractivity contribution in [2.75, 3.05) is 26.2 Å². The first kappa shape index (κ1) is 22.9. The summed E-state index contributed by atoms with van der Waals surface area (Å²) in [6.45, 7) is 8.69. The lowest BCUT2D eigenvalue weighted by Crippen LogP contribution is -2.37. The van der Waals surface area contributed by atoms with Crippen LogP contribution in [-0.2, 0) is 32.5 Å². The highest BCUT2D eigenvalue weighted by molar-refractivity contribution is 7.89. The standard InChI is InChI=1S/C20H30N4O4S2/c1-16-21-19(15-22(16)5)30(27,28)24-12-6-11-23(13-14-24)29(25,26)18-9-7-17(8-10-18)20(2,3)4/h7-10,15H,6,11-14H2,1-5H3. The van der Waals surface area contributed by atoms with Gasteiger partial charge in [-0.1, -0.05) is 32.9 Å². The normalized spacial score (nSPS) is 17.8. The highest BCUT2D eigenvalue weighted by atomic mass is 32.2. The molecule has 166 valence electrons. The van der Waals surface area contributed by atoms with E-state index in [-0.39, 0.29) is 41.5 Å². The summed E-state index contributed by atoms with van der Waals surface area (Å²) in [4.78, 5) is 4.36. The Labute approximate surface area is 179 Å². The van der Waals surface area contributed by atoms with E-state index in [0.29, 0.717) is 12.2 Å². The zero-order valence-electron chi connectivity index (χ0n) is 18.2. The summed E-state index contributed by atoms with van der Waals surface area (Å²) >= 11 is 0. The minimum absolute atomic E-state index is 0.00317. The van der Waals surface area contributed by atoms with Crippen molar-refractivity contribution in [1.82, 2.24) is 18.2 Å². The molecule has 1 saturated heterocycles. The van der Waals surface area contributed by atoms with Crippen molar-refractivity contribution >= 4 is 20.0 Å². The summed E-state index contributed by atoms with van der Waals surface area (Å²) < 4.78 is 56.5. The lowest BCUT2D eigenvalue weighted by molar-refractivity contribution is 0.403. The number of aryl methyl sites for hydroxylation is 2. The Morgan fingerprint density at radius 2 is 1.40 bits per heavy atom. The van der Waals surface area contributed by atoms with Gasteiger partial charge in [-0.3, -0.25) is 0 Å². The van der Waals surface area contributed by atoms with Gasteiger partial charge in [0.15, 0.2) is 5.03 Å². The van der Waals surface area contributed by atoms with Gasteiger partial charge in [-0.2, -0.15) is 8.61 Å². The predicted molar refractivity (Wildman–Crippen MR) is 115 cm³/mol. The van der Waals surface area contributed by atoms with Gasteiger partial charge < -0.3 is 4.57 Å². The Balaban J connectivity index is 1.78. The molecule has 0 aliphatic carbocycles. The Morgan fingerprint density at radius 3 is 1.87 bits per heavy atom. The van der Waals surface area contributed by atoms with E-state index in [0.717, 1.165) is 5.56 Å². The maximum atomic E-state index is 13.1. The van der Waals surface area contributed by atoms with Gasteiger partial charge in [0, 0.05) is 39.4 Å². The van der Waals surface area contributed by atoms with Crippen LogP contribution in [0.4, 0.5) is 0 Å². The Morgan fingerprint density at radius 1 is 0.867 bits per heavy atom. The number of rotatable bonds is 4. The fraction of sp³-hybridized carbons (Fsp3) is 0.550. The Bertz CT molecular complexity index is 1100. The number of benzene rings is 1. The first-order valence-corrected chi connectivity index (χ1v) is 12.8. The van der Waals surface area contributed by atoms with Crippen molar-refractivity contribution in [2.45, 2.75) is 49.5 Å². The number of imidazole rings is 1. The lowest BCUT2D eigenvalue weighted by atomic mass is 9.87. The molecule has 8 nitrogen and oxygen atoms in total. The first-order chi connectivity index (χ1) is 13.8. The molecule has 30 heavy (non-hydrogen) atoms. The molecule has 2 aromatic rings. The quantitative estimate of drug-likeness (QED) is 0.705. The molecule has 0 unspecified atom stereocenters. The second kappa shape index (κ2) is 8.07. The van der Waals surface area contributed by atoms with Gasteiger partial charge >= 0.3 is 0 Å². The summed E-state index contributed by atoms with van der Waals surface area (Å²) in [5.41, 5.74) is 0.990. The van der Waals surface area contributed by atoms with E-state index < -0.39 is 20.0 Å². The molecule has 1 aliphatic heterocycles. The van der Waals surface area contributed by atoms with Crippen molar-refractivity contribution in [3.8, 4) is 0 Å². The van der Waals surface area contributed by atoms with E-state index in [1.54, 1.807) is 30.7 Å². The molecular formula is C20H30N4O4S2. The topological polar surface area (TPSA) is 92.6 Å². The summed E-state index contributed by atoms with van der Waals surface area (Å²) in [5, 5.41) is -0.00317. The van der Waals surface area contributed by atoms with Crippen molar-refractivity contribution in [3.63, 3.8) is 0 Å². The van der Waals surface area contributed by atoms with Crippen LogP contribution in [0.5, 0.6) is 0 Å². The average Bonchev–Trinajstić information content (AvgIpc) is 2.87. The fourth-order valence-electron chi connectivity index (χ4n) is 3.41. The third-order valence-electron chi connectivity index (χ3n) is 5.46. The molecule has 0 saturated carbocycles. The maximum absolute atomic E-state index is 13.1. The van der Waals surface area contributed by atoms with Crippen molar-refractivity contribution in [2.24, 2.45) is 7.05 Å². The molecule has 0 atom stereocenters. The van der Waals surface area contributed by atoms with Crippen LogP contribution in [0.15, 0.2) is 40.4 Å². The molecule has 0 radical (unpaired) electrons. The van der Waals surface area contributed by atoms with Gasteiger partial charge in [0.25, 0.3) is 10.0 Å². The summed E-state index contributed by atoms with van der Waals surface area (Å²) in [6.07, 6.45) is 1.91. The van der Waals surface area contributed by atoms with E-state index in [2.05, 4.69) is 25.8 Å². The predicted octanol–water partition coefficient (Wildman–Crippen LogP) is 2.11. The Hall–Kier alpha value is -1.75. The molecule has 1 aromatic heterocycles. The summed E-state index contributed by atoms with van der Waals surface area (Å²) in [6, 6.07) is 6.94. The van der Waals surface area contributed by atoms with Gasteiger partial charge in [-0.25, -0.2) is 21.8 Å². The number of sulfonamides is 2. The molecule has 0 bridgehead atoms. The van der Waals surface area contributed by atoms with Gasteiger partial charge in [0.05, 0.1) is 4.90 Å². The average molecular weight is 455 g/mol. The second-order valence-corrected chi connectivity index (χ2v) is 12.5. The van der Waals surface area contributed by atoms with Crippen molar-refractivity contribution < 1.29 is 16.8 Å². The van der Waals surface area contributed by atoms with Crippen LogP contribution >= 0.6 is 0 Å². The zero-order chi connectivity index (χ0) is 22.3. The SMILES string of the molecule is Cc1nc(S(=O)(=O)N2CCCN(S(=O)(=O)c3ccc(C(C)(C)C)cc3)CC2)cn1C.